The number of epoxide rings is 1. The van der Waals surface area contributed by atoms with Crippen LogP contribution in [0.4, 0.5) is 0 Å². The zero-order chi connectivity index (χ0) is 12.0. The summed E-state index contributed by atoms with van der Waals surface area (Å²) in [5.41, 5.74) is 0.166. The Hall–Kier alpha value is -0.910. The highest BCUT2D eigenvalue weighted by atomic mass is 32.2. The first-order chi connectivity index (χ1) is 7.33. The monoisotopic (exact) mass is 242 g/mol. The quantitative estimate of drug-likeness (QED) is 0.800. The van der Waals surface area contributed by atoms with Gasteiger partial charge in [-0.25, -0.2) is 8.42 Å². The summed E-state index contributed by atoms with van der Waals surface area (Å²) in [5, 5.41) is 9.94. The number of aliphatic hydroxyl groups excluding tert-OH is 1. The SMILES string of the molecule is CC1([C@H](O)c2ccc(S(C)(=O)=O)cc2)CO1. The van der Waals surface area contributed by atoms with Crippen LogP contribution in [0.3, 0.4) is 0 Å². The van der Waals surface area contributed by atoms with Crippen molar-refractivity contribution in [2.45, 2.75) is 23.5 Å². The van der Waals surface area contributed by atoms with Crippen molar-refractivity contribution in [3.63, 3.8) is 0 Å². The molecule has 2 rings (SSSR count). The summed E-state index contributed by atoms with van der Waals surface area (Å²) in [6.45, 7) is 2.35. The number of aliphatic hydroxyl groups is 1. The molecule has 16 heavy (non-hydrogen) atoms. The lowest BCUT2D eigenvalue weighted by molar-refractivity contribution is 0.0849. The molecular formula is C11H14O4S. The number of ether oxygens (including phenoxy) is 1. The predicted octanol–water partition coefficient (Wildman–Crippen LogP) is 0.912. The molecule has 1 N–H and O–H groups in total. The van der Waals surface area contributed by atoms with E-state index in [0.717, 1.165) is 6.26 Å². The van der Waals surface area contributed by atoms with Crippen molar-refractivity contribution in [1.29, 1.82) is 0 Å². The van der Waals surface area contributed by atoms with Crippen LogP contribution in [0.2, 0.25) is 0 Å². The summed E-state index contributed by atoms with van der Waals surface area (Å²) in [6.07, 6.45) is 0.449. The van der Waals surface area contributed by atoms with E-state index in [1.54, 1.807) is 12.1 Å². The largest absolute Gasteiger partial charge is 0.385 e. The third-order valence-electron chi connectivity index (χ3n) is 2.80. The second-order valence-corrected chi connectivity index (χ2v) is 6.36. The lowest BCUT2D eigenvalue weighted by Crippen LogP contribution is -2.17. The van der Waals surface area contributed by atoms with Crippen LogP contribution in [0.1, 0.15) is 18.6 Å². The Kier molecular flexibility index (Phi) is 2.57. The van der Waals surface area contributed by atoms with Crippen LogP contribution in [0, 0.1) is 0 Å². The van der Waals surface area contributed by atoms with Gasteiger partial charge in [0.25, 0.3) is 0 Å². The van der Waals surface area contributed by atoms with Crippen molar-refractivity contribution in [2.75, 3.05) is 12.9 Å². The molecule has 5 heteroatoms. The molecule has 0 spiro atoms. The maximum absolute atomic E-state index is 11.2. The van der Waals surface area contributed by atoms with E-state index in [-0.39, 0.29) is 4.90 Å². The fraction of sp³-hybridized carbons (Fsp3) is 0.455. The van der Waals surface area contributed by atoms with Gasteiger partial charge in [-0.3, -0.25) is 0 Å². The van der Waals surface area contributed by atoms with Crippen molar-refractivity contribution < 1.29 is 18.3 Å². The van der Waals surface area contributed by atoms with Gasteiger partial charge in [0.2, 0.25) is 0 Å². The number of hydrogen-bond donors (Lipinski definition) is 1. The van der Waals surface area contributed by atoms with Crippen LogP contribution in [0.5, 0.6) is 0 Å². The number of hydrogen-bond acceptors (Lipinski definition) is 4. The molecule has 4 nitrogen and oxygen atoms in total. The van der Waals surface area contributed by atoms with Gasteiger partial charge in [0.15, 0.2) is 9.84 Å². The minimum absolute atomic E-state index is 0.255. The van der Waals surface area contributed by atoms with E-state index in [4.69, 9.17) is 4.74 Å². The van der Waals surface area contributed by atoms with Gasteiger partial charge in [-0.1, -0.05) is 12.1 Å². The molecule has 0 aliphatic carbocycles. The first-order valence-electron chi connectivity index (χ1n) is 4.95. The lowest BCUT2D eigenvalue weighted by atomic mass is 9.98. The maximum atomic E-state index is 11.2. The molecule has 0 saturated carbocycles. The van der Waals surface area contributed by atoms with Crippen LogP contribution in [0.15, 0.2) is 29.2 Å². The molecule has 1 aromatic rings. The van der Waals surface area contributed by atoms with Crippen molar-refractivity contribution in [2.24, 2.45) is 0 Å². The van der Waals surface area contributed by atoms with E-state index < -0.39 is 21.5 Å². The van der Waals surface area contributed by atoms with Crippen molar-refractivity contribution in [3.8, 4) is 0 Å². The Morgan fingerprint density at radius 1 is 1.38 bits per heavy atom. The van der Waals surface area contributed by atoms with Crippen LogP contribution in [-0.2, 0) is 14.6 Å². The highest BCUT2D eigenvalue weighted by molar-refractivity contribution is 7.90. The van der Waals surface area contributed by atoms with E-state index in [0.29, 0.717) is 12.2 Å². The summed E-state index contributed by atoms with van der Waals surface area (Å²) in [4.78, 5) is 0.255. The molecular weight excluding hydrogens is 228 g/mol. The third kappa shape index (κ3) is 2.11. The highest BCUT2D eigenvalue weighted by Gasteiger charge is 2.47. The van der Waals surface area contributed by atoms with E-state index in [1.807, 2.05) is 6.92 Å². The fourth-order valence-corrected chi connectivity index (χ4v) is 2.15. The Morgan fingerprint density at radius 3 is 2.25 bits per heavy atom. The van der Waals surface area contributed by atoms with Gasteiger partial charge in [0, 0.05) is 6.26 Å². The first-order valence-corrected chi connectivity index (χ1v) is 6.84. The molecule has 88 valence electrons. The first kappa shape index (κ1) is 11.6. The van der Waals surface area contributed by atoms with Gasteiger partial charge in [0.05, 0.1) is 11.5 Å². The van der Waals surface area contributed by atoms with Crippen molar-refractivity contribution >= 4 is 9.84 Å². The molecule has 1 aromatic carbocycles. The topological polar surface area (TPSA) is 66.9 Å². The number of sulfone groups is 1. The minimum atomic E-state index is -3.18. The van der Waals surface area contributed by atoms with Gasteiger partial charge in [-0.15, -0.1) is 0 Å². The van der Waals surface area contributed by atoms with Gasteiger partial charge in [-0.2, -0.15) is 0 Å². The average Bonchev–Trinajstić information content (AvgIpc) is 2.96. The molecule has 0 radical (unpaired) electrons. The normalized spacial score (nSPS) is 26.4. The van der Waals surface area contributed by atoms with E-state index >= 15 is 0 Å². The molecule has 1 unspecified atom stereocenters. The average molecular weight is 242 g/mol. The van der Waals surface area contributed by atoms with Crippen LogP contribution >= 0.6 is 0 Å². The lowest BCUT2D eigenvalue weighted by Gasteiger charge is -2.15. The number of benzene rings is 1. The van der Waals surface area contributed by atoms with Crippen LogP contribution in [0.25, 0.3) is 0 Å². The molecule has 2 atom stereocenters. The molecule has 1 heterocycles. The van der Waals surface area contributed by atoms with Crippen LogP contribution in [-0.4, -0.2) is 32.0 Å². The molecule has 1 fully saturated rings. The zero-order valence-electron chi connectivity index (χ0n) is 9.17. The van der Waals surface area contributed by atoms with Crippen LogP contribution < -0.4 is 0 Å². The molecule has 1 aliphatic rings. The van der Waals surface area contributed by atoms with Crippen molar-refractivity contribution in [1.82, 2.24) is 0 Å². The highest BCUT2D eigenvalue weighted by Crippen LogP contribution is 2.39. The predicted molar refractivity (Wildman–Crippen MR) is 58.9 cm³/mol. The van der Waals surface area contributed by atoms with E-state index in [2.05, 4.69) is 0 Å². The second kappa shape index (κ2) is 3.55. The Morgan fingerprint density at radius 2 is 1.88 bits per heavy atom. The van der Waals surface area contributed by atoms with Gasteiger partial charge in [0.1, 0.15) is 11.7 Å². The summed E-state index contributed by atoms with van der Waals surface area (Å²) >= 11 is 0. The fourth-order valence-electron chi connectivity index (χ4n) is 1.52. The summed E-state index contributed by atoms with van der Waals surface area (Å²) < 4.78 is 27.6. The molecule has 0 aromatic heterocycles. The Balaban J connectivity index is 2.26. The molecule has 1 saturated heterocycles. The van der Waals surface area contributed by atoms with E-state index in [9.17, 15) is 13.5 Å². The zero-order valence-corrected chi connectivity index (χ0v) is 9.99. The van der Waals surface area contributed by atoms with Gasteiger partial charge >= 0.3 is 0 Å². The summed E-state index contributed by atoms with van der Waals surface area (Å²) in [6, 6.07) is 6.24. The molecule has 1 aliphatic heterocycles. The third-order valence-corrected chi connectivity index (χ3v) is 3.93. The smallest absolute Gasteiger partial charge is 0.175 e. The standard InChI is InChI=1S/C11H14O4S/c1-11(7-15-11)10(12)8-3-5-9(6-4-8)16(2,13)14/h3-6,10,12H,7H2,1-2H3/t10-,11?/m1/s1. The molecule has 0 bridgehead atoms. The summed E-state index contributed by atoms with van der Waals surface area (Å²) in [7, 11) is -3.18. The summed E-state index contributed by atoms with van der Waals surface area (Å²) in [5.74, 6) is 0. The minimum Gasteiger partial charge on any atom is -0.385 e. The second-order valence-electron chi connectivity index (χ2n) is 4.35. The maximum Gasteiger partial charge on any atom is 0.175 e. The number of rotatable bonds is 3. The van der Waals surface area contributed by atoms with Crippen molar-refractivity contribution in [3.05, 3.63) is 29.8 Å². The Bertz CT molecular complexity index is 485. The Labute approximate surface area is 94.8 Å². The van der Waals surface area contributed by atoms with Gasteiger partial charge in [-0.05, 0) is 24.6 Å². The molecule has 0 amide bonds. The van der Waals surface area contributed by atoms with E-state index in [1.165, 1.54) is 12.1 Å². The van der Waals surface area contributed by atoms with Gasteiger partial charge < -0.3 is 9.84 Å².